The monoisotopic (exact) mass is 213 g/mol. The molecule has 2 N–H and O–H groups in total. The molecular weight excluding hydrogens is 203 g/mol. The summed E-state index contributed by atoms with van der Waals surface area (Å²) in [7, 11) is 0. The molecule has 0 aliphatic heterocycles. The molecule has 0 aliphatic carbocycles. The van der Waals surface area contributed by atoms with Crippen molar-refractivity contribution in [2.75, 3.05) is 6.67 Å². The number of amides is 1. The molecule has 7 heteroatoms. The van der Waals surface area contributed by atoms with Crippen LogP contribution in [0.15, 0.2) is 0 Å². The van der Waals surface area contributed by atoms with Crippen molar-refractivity contribution in [3.8, 4) is 0 Å². The maximum absolute atomic E-state index is 12.3. The molecule has 0 saturated carbocycles. The predicted octanol–water partition coefficient (Wildman–Crippen LogP) is 0.571. The maximum Gasteiger partial charge on any atom is 0.325 e. The minimum atomic E-state index is -3.73. The van der Waals surface area contributed by atoms with Crippen LogP contribution in [0.25, 0.3) is 0 Å². The van der Waals surface area contributed by atoms with Gasteiger partial charge in [0.05, 0.1) is 6.42 Å². The van der Waals surface area contributed by atoms with Gasteiger partial charge >= 0.3 is 5.97 Å². The molecule has 0 aromatic rings. The first-order valence-corrected chi connectivity index (χ1v) is 3.74. The van der Waals surface area contributed by atoms with Crippen LogP contribution < -0.4 is 5.32 Å². The third-order valence-corrected chi connectivity index (χ3v) is 1.36. The molecule has 0 aliphatic rings. The van der Waals surface area contributed by atoms with E-state index in [0.29, 0.717) is 0 Å². The van der Waals surface area contributed by atoms with Gasteiger partial charge in [-0.2, -0.15) is 0 Å². The molecule has 4 nitrogen and oxygen atoms in total. The molecule has 0 saturated heterocycles. The fourth-order valence-corrected chi connectivity index (χ4v) is 0.636. The summed E-state index contributed by atoms with van der Waals surface area (Å²) in [4.78, 5) is 20.9. The summed E-state index contributed by atoms with van der Waals surface area (Å²) in [6.07, 6.45) is -1.35. The van der Waals surface area contributed by atoms with Crippen LogP contribution in [0.3, 0.4) is 0 Å². The molecule has 0 spiro atoms. The van der Waals surface area contributed by atoms with Crippen LogP contribution in [0, 0.1) is 0 Å². The zero-order chi connectivity index (χ0) is 11.4. The number of halogens is 3. The zero-order valence-corrected chi connectivity index (χ0v) is 7.39. The maximum atomic E-state index is 12.3. The first-order chi connectivity index (χ1) is 6.28. The number of rotatable bonds is 5. The van der Waals surface area contributed by atoms with E-state index in [1.807, 2.05) is 0 Å². The number of carboxylic acid groups (broad SMARTS) is 1. The number of hydrogen-bond donors (Lipinski definition) is 2. The van der Waals surface area contributed by atoms with Crippen molar-refractivity contribution in [2.45, 2.75) is 25.3 Å². The molecule has 82 valence electrons. The molecular formula is C7H10F3NO3. The van der Waals surface area contributed by atoms with Gasteiger partial charge in [0, 0.05) is 0 Å². The molecule has 0 rings (SSSR count). The summed E-state index contributed by atoms with van der Waals surface area (Å²) in [5.74, 6) is -6.27. The largest absolute Gasteiger partial charge is 0.480 e. The van der Waals surface area contributed by atoms with Gasteiger partial charge in [0.15, 0.2) is 6.67 Å². The quantitative estimate of drug-likeness (QED) is 0.701. The summed E-state index contributed by atoms with van der Waals surface area (Å²) in [5, 5.41) is 10.1. The van der Waals surface area contributed by atoms with Crippen molar-refractivity contribution in [1.82, 2.24) is 5.32 Å². The highest BCUT2D eigenvalue weighted by molar-refractivity contribution is 5.83. The third-order valence-electron chi connectivity index (χ3n) is 1.36. The molecule has 0 fully saturated rings. The standard InChI is InChI=1S/C7H10F3NO3/c1-4(6(13)14)11-5(12)2-7(9,10)3-8/h4H,2-3H2,1H3,(H,11,12)(H,13,14). The van der Waals surface area contributed by atoms with Crippen LogP contribution in [-0.4, -0.2) is 35.6 Å². The Morgan fingerprint density at radius 3 is 2.36 bits per heavy atom. The molecule has 0 aromatic heterocycles. The van der Waals surface area contributed by atoms with Gasteiger partial charge in [0.2, 0.25) is 5.91 Å². The second kappa shape index (κ2) is 4.83. The van der Waals surface area contributed by atoms with Gasteiger partial charge in [-0.3, -0.25) is 9.59 Å². The van der Waals surface area contributed by atoms with Crippen LogP contribution in [0.4, 0.5) is 13.2 Å². The van der Waals surface area contributed by atoms with Gasteiger partial charge in [0.25, 0.3) is 5.92 Å². The van der Waals surface area contributed by atoms with Crippen molar-refractivity contribution in [1.29, 1.82) is 0 Å². The van der Waals surface area contributed by atoms with E-state index in [2.05, 4.69) is 0 Å². The highest BCUT2D eigenvalue weighted by Crippen LogP contribution is 2.18. The molecule has 0 heterocycles. The Morgan fingerprint density at radius 2 is 2.00 bits per heavy atom. The fourth-order valence-electron chi connectivity index (χ4n) is 0.636. The second-order valence-corrected chi connectivity index (χ2v) is 2.79. The summed E-state index contributed by atoms with van der Waals surface area (Å²) in [6, 6.07) is -1.27. The number of carbonyl (C=O) groups is 2. The van der Waals surface area contributed by atoms with Crippen LogP contribution in [-0.2, 0) is 9.59 Å². The van der Waals surface area contributed by atoms with Gasteiger partial charge in [0.1, 0.15) is 6.04 Å². The number of nitrogens with one attached hydrogen (secondary N) is 1. The van der Waals surface area contributed by atoms with Crippen molar-refractivity contribution >= 4 is 11.9 Å². The Kier molecular flexibility index (Phi) is 4.39. The van der Waals surface area contributed by atoms with E-state index in [4.69, 9.17) is 5.11 Å². The topological polar surface area (TPSA) is 66.4 Å². The fraction of sp³-hybridized carbons (Fsp3) is 0.714. The van der Waals surface area contributed by atoms with Gasteiger partial charge < -0.3 is 10.4 Å². The first kappa shape index (κ1) is 12.7. The molecule has 0 aromatic carbocycles. The van der Waals surface area contributed by atoms with Crippen LogP contribution >= 0.6 is 0 Å². The molecule has 1 atom stereocenters. The number of aliphatic carboxylic acids is 1. The third kappa shape index (κ3) is 4.68. The zero-order valence-electron chi connectivity index (χ0n) is 7.39. The number of hydrogen-bond acceptors (Lipinski definition) is 2. The second-order valence-electron chi connectivity index (χ2n) is 2.79. The average molecular weight is 213 g/mol. The first-order valence-electron chi connectivity index (χ1n) is 3.74. The lowest BCUT2D eigenvalue weighted by Gasteiger charge is -2.13. The van der Waals surface area contributed by atoms with Crippen molar-refractivity contribution in [3.63, 3.8) is 0 Å². The number of carbonyl (C=O) groups excluding carboxylic acids is 1. The van der Waals surface area contributed by atoms with Gasteiger partial charge in [-0.25, -0.2) is 13.2 Å². The Labute approximate surface area is 78.1 Å². The molecule has 1 unspecified atom stereocenters. The lowest BCUT2D eigenvalue weighted by atomic mass is 10.2. The molecule has 1 amide bonds. The van der Waals surface area contributed by atoms with E-state index in [-0.39, 0.29) is 0 Å². The normalized spacial score (nSPS) is 13.4. The smallest absolute Gasteiger partial charge is 0.325 e. The summed E-state index contributed by atoms with van der Waals surface area (Å²) >= 11 is 0. The number of carboxylic acids is 1. The Balaban J connectivity index is 4.05. The lowest BCUT2D eigenvalue weighted by molar-refractivity contribution is -0.143. The van der Waals surface area contributed by atoms with Crippen molar-refractivity contribution in [2.24, 2.45) is 0 Å². The van der Waals surface area contributed by atoms with E-state index in [1.165, 1.54) is 0 Å². The van der Waals surface area contributed by atoms with Gasteiger partial charge in [-0.05, 0) is 6.92 Å². The Bertz CT molecular complexity index is 232. The molecule has 0 bridgehead atoms. The van der Waals surface area contributed by atoms with Crippen LogP contribution in [0.2, 0.25) is 0 Å². The Morgan fingerprint density at radius 1 is 1.50 bits per heavy atom. The van der Waals surface area contributed by atoms with E-state index in [1.54, 1.807) is 5.32 Å². The minimum absolute atomic E-state index is 1.12. The number of alkyl halides is 3. The lowest BCUT2D eigenvalue weighted by Crippen LogP contribution is -2.41. The minimum Gasteiger partial charge on any atom is -0.480 e. The van der Waals surface area contributed by atoms with E-state index in [0.717, 1.165) is 6.92 Å². The van der Waals surface area contributed by atoms with Crippen LogP contribution in [0.5, 0.6) is 0 Å². The van der Waals surface area contributed by atoms with E-state index < -0.39 is 36.9 Å². The SMILES string of the molecule is CC(NC(=O)CC(F)(F)CF)C(=O)O. The highest BCUT2D eigenvalue weighted by Gasteiger charge is 2.33. The summed E-state index contributed by atoms with van der Waals surface area (Å²) < 4.78 is 36.1. The van der Waals surface area contributed by atoms with E-state index >= 15 is 0 Å². The van der Waals surface area contributed by atoms with Crippen molar-refractivity contribution < 1.29 is 27.9 Å². The van der Waals surface area contributed by atoms with Gasteiger partial charge in [-0.15, -0.1) is 0 Å². The molecule has 14 heavy (non-hydrogen) atoms. The average Bonchev–Trinajstić information content (AvgIpc) is 2.02. The Hall–Kier alpha value is -1.27. The molecule has 0 radical (unpaired) electrons. The summed E-state index contributed by atoms with van der Waals surface area (Å²) in [5.41, 5.74) is 0. The van der Waals surface area contributed by atoms with Crippen molar-refractivity contribution in [3.05, 3.63) is 0 Å². The highest BCUT2D eigenvalue weighted by atomic mass is 19.3. The predicted molar refractivity (Wildman–Crippen MR) is 40.8 cm³/mol. The van der Waals surface area contributed by atoms with E-state index in [9.17, 15) is 22.8 Å². The van der Waals surface area contributed by atoms with Gasteiger partial charge in [-0.1, -0.05) is 0 Å². The van der Waals surface area contributed by atoms with Crippen LogP contribution in [0.1, 0.15) is 13.3 Å². The summed E-state index contributed by atoms with van der Waals surface area (Å²) in [6.45, 7) is -0.824.